The Bertz CT molecular complexity index is 1110. The Morgan fingerprint density at radius 2 is 2.04 bits per heavy atom. The number of carbonyl (C=O) groups excluding carboxylic acids is 1. The van der Waals surface area contributed by atoms with E-state index in [2.05, 4.69) is 5.10 Å². The maximum Gasteiger partial charge on any atom is 0.359 e. The summed E-state index contributed by atoms with van der Waals surface area (Å²) in [7, 11) is 1.16. The van der Waals surface area contributed by atoms with Crippen LogP contribution in [-0.4, -0.2) is 22.9 Å². The van der Waals surface area contributed by atoms with Gasteiger partial charge in [0.25, 0.3) is 5.56 Å². The molecule has 0 saturated heterocycles. The van der Waals surface area contributed by atoms with Crippen molar-refractivity contribution in [1.82, 2.24) is 9.78 Å². The molecule has 0 radical (unpaired) electrons. The topological polar surface area (TPSA) is 98.1 Å². The molecule has 0 atom stereocenters. The highest BCUT2D eigenvalue weighted by atomic mass is 19.1. The van der Waals surface area contributed by atoms with Crippen LogP contribution in [0.4, 0.5) is 4.39 Å². The number of aromatic nitrogens is 2. The summed E-state index contributed by atoms with van der Waals surface area (Å²) in [4.78, 5) is 24.9. The van der Waals surface area contributed by atoms with E-state index in [9.17, 15) is 19.2 Å². The highest BCUT2D eigenvalue weighted by Crippen LogP contribution is 2.17. The van der Waals surface area contributed by atoms with Crippen molar-refractivity contribution >= 4 is 18.1 Å². The van der Waals surface area contributed by atoms with Gasteiger partial charge in [-0.3, -0.25) is 4.79 Å². The van der Waals surface area contributed by atoms with Crippen LogP contribution in [-0.2, 0) is 4.74 Å². The van der Waals surface area contributed by atoms with E-state index >= 15 is 0 Å². The summed E-state index contributed by atoms with van der Waals surface area (Å²) in [5.74, 6) is -0.877. The number of nitriles is 1. The van der Waals surface area contributed by atoms with Crippen LogP contribution in [0.2, 0.25) is 0 Å². The first-order chi connectivity index (χ1) is 13.0. The molecule has 0 amide bonds. The SMILES string of the molecule is COC(=O)c1nn(-c2ccc(F)cc2)c(=O)c(C#N)c1C=Cc1ccco1. The smallest absolute Gasteiger partial charge is 0.359 e. The minimum absolute atomic E-state index is 0.00381. The molecule has 2 aromatic heterocycles. The Morgan fingerprint density at radius 1 is 1.30 bits per heavy atom. The van der Waals surface area contributed by atoms with Crippen molar-refractivity contribution in [2.75, 3.05) is 7.11 Å². The molecule has 0 spiro atoms. The van der Waals surface area contributed by atoms with Crippen molar-refractivity contribution in [3.8, 4) is 11.8 Å². The summed E-state index contributed by atoms with van der Waals surface area (Å²) in [5.41, 5.74) is -1.09. The van der Waals surface area contributed by atoms with Gasteiger partial charge in [-0.25, -0.2) is 9.18 Å². The summed E-state index contributed by atoms with van der Waals surface area (Å²) in [6.07, 6.45) is 4.33. The number of carbonyl (C=O) groups is 1. The first kappa shape index (κ1) is 17.8. The number of methoxy groups -OCH3 is 1. The Morgan fingerprint density at radius 3 is 2.63 bits per heavy atom. The molecule has 0 aliphatic rings. The molecule has 0 N–H and O–H groups in total. The molecule has 7 nitrogen and oxygen atoms in total. The fourth-order valence-corrected chi connectivity index (χ4v) is 2.37. The van der Waals surface area contributed by atoms with E-state index in [0.29, 0.717) is 5.76 Å². The van der Waals surface area contributed by atoms with Crippen LogP contribution < -0.4 is 5.56 Å². The van der Waals surface area contributed by atoms with E-state index in [4.69, 9.17) is 9.15 Å². The second-order valence-electron chi connectivity index (χ2n) is 5.28. The number of furan rings is 1. The average molecular weight is 365 g/mol. The molecule has 134 valence electrons. The number of rotatable bonds is 4. The molecule has 3 aromatic rings. The van der Waals surface area contributed by atoms with Crippen LogP contribution in [0.3, 0.4) is 0 Å². The lowest BCUT2D eigenvalue weighted by atomic mass is 10.1. The molecule has 0 fully saturated rings. The summed E-state index contributed by atoms with van der Waals surface area (Å²) < 4.78 is 23.9. The van der Waals surface area contributed by atoms with Crippen molar-refractivity contribution in [2.24, 2.45) is 0 Å². The molecule has 27 heavy (non-hydrogen) atoms. The second kappa shape index (κ2) is 7.49. The minimum Gasteiger partial charge on any atom is -0.465 e. The van der Waals surface area contributed by atoms with Gasteiger partial charge < -0.3 is 9.15 Å². The van der Waals surface area contributed by atoms with Gasteiger partial charge in [-0.2, -0.15) is 15.0 Å². The summed E-state index contributed by atoms with van der Waals surface area (Å²) in [5, 5.41) is 13.5. The largest absolute Gasteiger partial charge is 0.465 e. The Labute approximate surface area is 152 Å². The van der Waals surface area contributed by atoms with Crippen LogP contribution in [0.15, 0.2) is 51.9 Å². The Balaban J connectivity index is 2.25. The predicted octanol–water partition coefficient (Wildman–Crippen LogP) is 2.79. The molecule has 8 heteroatoms. The standard InChI is InChI=1S/C19H12FN3O4/c1-26-19(25)17-15(9-8-14-3-2-10-27-14)16(11-21)18(24)23(22-17)13-6-4-12(20)5-7-13/h2-10H,1H3. The molecule has 0 unspecified atom stereocenters. The fraction of sp³-hybridized carbons (Fsp3) is 0.0526. The van der Waals surface area contributed by atoms with Gasteiger partial charge in [-0.15, -0.1) is 0 Å². The molecule has 3 rings (SSSR count). The third-order valence-electron chi connectivity index (χ3n) is 3.65. The second-order valence-corrected chi connectivity index (χ2v) is 5.28. The van der Waals surface area contributed by atoms with Crippen LogP contribution >= 0.6 is 0 Å². The zero-order valence-corrected chi connectivity index (χ0v) is 14.0. The Kier molecular flexibility index (Phi) is 4.95. The van der Waals surface area contributed by atoms with E-state index in [-0.39, 0.29) is 22.5 Å². The molecule has 0 bridgehead atoms. The van der Waals surface area contributed by atoms with Gasteiger partial charge in [0, 0.05) is 5.56 Å². The van der Waals surface area contributed by atoms with Gasteiger partial charge in [-0.1, -0.05) is 0 Å². The van der Waals surface area contributed by atoms with E-state index in [1.807, 2.05) is 0 Å². The van der Waals surface area contributed by atoms with Crippen LogP contribution in [0.1, 0.15) is 27.4 Å². The van der Waals surface area contributed by atoms with Crippen molar-refractivity contribution in [1.29, 1.82) is 5.26 Å². The first-order valence-corrected chi connectivity index (χ1v) is 7.68. The number of ether oxygens (including phenoxy) is 1. The number of nitrogens with zero attached hydrogens (tertiary/aromatic N) is 3. The molecule has 1 aromatic carbocycles. The maximum atomic E-state index is 13.2. The van der Waals surface area contributed by atoms with Gasteiger partial charge in [0.2, 0.25) is 0 Å². The quantitative estimate of drug-likeness (QED) is 0.660. The van der Waals surface area contributed by atoms with Gasteiger partial charge >= 0.3 is 5.97 Å². The minimum atomic E-state index is -0.832. The zero-order chi connectivity index (χ0) is 19.4. The van der Waals surface area contributed by atoms with Crippen molar-refractivity contribution < 1.29 is 18.3 Å². The summed E-state index contributed by atoms with van der Waals surface area (Å²) >= 11 is 0. The number of hydrogen-bond acceptors (Lipinski definition) is 6. The molecule has 2 heterocycles. The van der Waals surface area contributed by atoms with Gasteiger partial charge in [0.05, 0.1) is 19.1 Å². The predicted molar refractivity (Wildman–Crippen MR) is 93.5 cm³/mol. The van der Waals surface area contributed by atoms with Gasteiger partial charge in [-0.05, 0) is 48.6 Å². The molecular formula is C19H12FN3O4. The van der Waals surface area contributed by atoms with Gasteiger partial charge in [0.15, 0.2) is 5.69 Å². The first-order valence-electron chi connectivity index (χ1n) is 7.68. The lowest BCUT2D eigenvalue weighted by Crippen LogP contribution is -2.28. The summed E-state index contributed by atoms with van der Waals surface area (Å²) in [6, 6.07) is 10.0. The van der Waals surface area contributed by atoms with E-state index in [0.717, 1.165) is 23.9 Å². The molecule has 0 aliphatic carbocycles. The van der Waals surface area contributed by atoms with Crippen LogP contribution in [0.5, 0.6) is 0 Å². The zero-order valence-electron chi connectivity index (χ0n) is 14.0. The number of benzene rings is 1. The molecule has 0 aliphatic heterocycles. The number of hydrogen-bond donors (Lipinski definition) is 0. The van der Waals surface area contributed by atoms with Gasteiger partial charge in [0.1, 0.15) is 23.2 Å². The lowest BCUT2D eigenvalue weighted by Gasteiger charge is -2.10. The monoisotopic (exact) mass is 365 g/mol. The third kappa shape index (κ3) is 3.52. The van der Waals surface area contributed by atoms with Crippen molar-refractivity contribution in [2.45, 2.75) is 0 Å². The Hall–Kier alpha value is -3.99. The van der Waals surface area contributed by atoms with Crippen molar-refractivity contribution in [3.63, 3.8) is 0 Å². The van der Waals surface area contributed by atoms with Crippen LogP contribution in [0, 0.1) is 17.1 Å². The number of halogens is 1. The highest BCUT2D eigenvalue weighted by molar-refractivity contribution is 5.93. The maximum absolute atomic E-state index is 13.2. The molecule has 0 saturated carbocycles. The lowest BCUT2D eigenvalue weighted by molar-refractivity contribution is 0.0591. The molecular weight excluding hydrogens is 353 g/mol. The third-order valence-corrected chi connectivity index (χ3v) is 3.65. The van der Waals surface area contributed by atoms with E-state index in [1.165, 1.54) is 30.5 Å². The average Bonchev–Trinajstić information content (AvgIpc) is 3.20. The van der Waals surface area contributed by atoms with Crippen molar-refractivity contribution in [3.05, 3.63) is 81.4 Å². The summed E-state index contributed by atoms with van der Waals surface area (Å²) in [6.45, 7) is 0. The highest BCUT2D eigenvalue weighted by Gasteiger charge is 2.22. The number of esters is 1. The normalized spacial score (nSPS) is 10.7. The fourth-order valence-electron chi connectivity index (χ4n) is 2.37. The van der Waals surface area contributed by atoms with Crippen LogP contribution in [0.25, 0.3) is 17.8 Å². The van der Waals surface area contributed by atoms with E-state index < -0.39 is 17.3 Å². The van der Waals surface area contributed by atoms with E-state index in [1.54, 1.807) is 18.2 Å².